The van der Waals surface area contributed by atoms with Crippen LogP contribution in [0.3, 0.4) is 0 Å². The summed E-state index contributed by atoms with van der Waals surface area (Å²) in [4.78, 5) is 31.8. The van der Waals surface area contributed by atoms with Gasteiger partial charge in [0.05, 0.1) is 9.88 Å². The number of benzene rings is 1. The van der Waals surface area contributed by atoms with Crippen LogP contribution in [0.15, 0.2) is 24.3 Å². The molecule has 0 bridgehead atoms. The molecular weight excluding hydrogens is 353 g/mol. The van der Waals surface area contributed by atoms with Crippen LogP contribution in [-0.4, -0.2) is 33.8 Å². The molecule has 1 aromatic heterocycles. The van der Waals surface area contributed by atoms with Crippen LogP contribution in [-0.2, 0) is 4.79 Å². The number of halogens is 1. The zero-order valence-corrected chi connectivity index (χ0v) is 14.8. The maximum absolute atomic E-state index is 14.4. The van der Waals surface area contributed by atoms with Gasteiger partial charge in [-0.05, 0) is 37.7 Å². The molecule has 3 fully saturated rings. The van der Waals surface area contributed by atoms with Gasteiger partial charge in [0.25, 0.3) is 5.91 Å². The Labute approximate surface area is 154 Å². The van der Waals surface area contributed by atoms with Crippen LogP contribution >= 0.6 is 11.3 Å². The van der Waals surface area contributed by atoms with Crippen molar-refractivity contribution < 1.29 is 14.0 Å². The van der Waals surface area contributed by atoms with E-state index in [4.69, 9.17) is 5.73 Å². The van der Waals surface area contributed by atoms with Crippen LogP contribution < -0.4 is 5.73 Å². The van der Waals surface area contributed by atoms with E-state index in [1.54, 1.807) is 23.1 Å². The molecule has 2 N–H and O–H groups in total. The topological polar surface area (TPSA) is 76.3 Å². The quantitative estimate of drug-likeness (QED) is 0.898. The molecule has 26 heavy (non-hydrogen) atoms. The van der Waals surface area contributed by atoms with Crippen molar-refractivity contribution in [3.63, 3.8) is 0 Å². The van der Waals surface area contributed by atoms with Crippen molar-refractivity contribution in [3.05, 3.63) is 40.8 Å². The number of thiazole rings is 1. The van der Waals surface area contributed by atoms with E-state index < -0.39 is 11.9 Å². The summed E-state index contributed by atoms with van der Waals surface area (Å²) in [5, 5.41) is 0.883. The van der Waals surface area contributed by atoms with E-state index in [1.165, 1.54) is 17.4 Å². The highest BCUT2D eigenvalue weighted by molar-refractivity contribution is 7.15. The highest BCUT2D eigenvalue weighted by Gasteiger charge is 2.56. The highest BCUT2D eigenvalue weighted by atomic mass is 32.1. The number of hydrogen-bond acceptors (Lipinski definition) is 4. The standard InChI is InChI=1S/C19H18FN3O2S/c20-12-4-2-1-3-11(12)16-15(22-18(26-16)9-5-6-9)19(25)23-13-7-10(13)8-14(23)17(21)24/h1-4,9-10,13-14H,5-8H2,(H2,21,24)/t10-,13+,14+/m1/s1. The Bertz CT molecular complexity index is 923. The van der Waals surface area contributed by atoms with Crippen molar-refractivity contribution >= 4 is 23.2 Å². The zero-order chi connectivity index (χ0) is 18.0. The number of primary amides is 1. The minimum absolute atomic E-state index is 0.0690. The lowest BCUT2D eigenvalue weighted by Crippen LogP contribution is -2.46. The normalized spacial score (nSPS) is 26.7. The van der Waals surface area contributed by atoms with E-state index in [-0.39, 0.29) is 23.5 Å². The molecule has 2 aromatic rings. The molecule has 5 rings (SSSR count). The second-order valence-corrected chi connectivity index (χ2v) is 8.44. The summed E-state index contributed by atoms with van der Waals surface area (Å²) in [6.07, 6.45) is 3.64. The molecule has 5 nitrogen and oxygen atoms in total. The first-order chi connectivity index (χ1) is 12.5. The fourth-order valence-corrected chi connectivity index (χ4v) is 5.19. The predicted molar refractivity (Wildman–Crippen MR) is 95.1 cm³/mol. The van der Waals surface area contributed by atoms with Gasteiger partial charge in [0.1, 0.15) is 17.6 Å². The largest absolute Gasteiger partial charge is 0.368 e. The third-order valence-corrected chi connectivity index (χ3v) is 6.81. The molecule has 2 amide bonds. The summed E-state index contributed by atoms with van der Waals surface area (Å²) in [6, 6.07) is 5.93. The number of piperidine rings is 1. The lowest BCUT2D eigenvalue weighted by Gasteiger charge is -2.24. The van der Waals surface area contributed by atoms with Gasteiger partial charge in [0.2, 0.25) is 5.91 Å². The number of fused-ring (bicyclic) bond motifs is 1. The molecule has 1 aliphatic heterocycles. The van der Waals surface area contributed by atoms with E-state index in [2.05, 4.69) is 4.98 Å². The summed E-state index contributed by atoms with van der Waals surface area (Å²) >= 11 is 1.39. The number of rotatable bonds is 4. The third kappa shape index (κ3) is 2.45. The molecule has 2 heterocycles. The van der Waals surface area contributed by atoms with Gasteiger partial charge < -0.3 is 10.6 Å². The van der Waals surface area contributed by atoms with Gasteiger partial charge >= 0.3 is 0 Å². The summed E-state index contributed by atoms with van der Waals surface area (Å²) in [5.41, 5.74) is 6.17. The Morgan fingerprint density at radius 3 is 2.69 bits per heavy atom. The van der Waals surface area contributed by atoms with Gasteiger partial charge in [-0.15, -0.1) is 11.3 Å². The Balaban J connectivity index is 1.59. The van der Waals surface area contributed by atoms with Gasteiger partial charge in [-0.2, -0.15) is 0 Å². The van der Waals surface area contributed by atoms with Crippen molar-refractivity contribution in [2.45, 2.75) is 43.7 Å². The van der Waals surface area contributed by atoms with Crippen molar-refractivity contribution in [1.29, 1.82) is 0 Å². The maximum atomic E-state index is 14.4. The van der Waals surface area contributed by atoms with Crippen LogP contribution in [0.4, 0.5) is 4.39 Å². The van der Waals surface area contributed by atoms with E-state index in [1.807, 2.05) is 0 Å². The van der Waals surface area contributed by atoms with Crippen LogP contribution in [0.25, 0.3) is 10.4 Å². The van der Waals surface area contributed by atoms with Crippen LogP contribution in [0.2, 0.25) is 0 Å². The minimum atomic E-state index is -0.578. The second kappa shape index (κ2) is 5.61. The predicted octanol–water partition coefficient (Wildman–Crippen LogP) is 2.91. The van der Waals surface area contributed by atoms with Crippen molar-refractivity contribution in [1.82, 2.24) is 9.88 Å². The van der Waals surface area contributed by atoms with Crippen molar-refractivity contribution in [2.24, 2.45) is 11.7 Å². The second-order valence-electron chi connectivity index (χ2n) is 7.41. The average Bonchev–Trinajstić information content (AvgIpc) is 3.54. The maximum Gasteiger partial charge on any atom is 0.274 e. The van der Waals surface area contributed by atoms with E-state index in [9.17, 15) is 14.0 Å². The van der Waals surface area contributed by atoms with Gasteiger partial charge in [0.15, 0.2) is 0 Å². The smallest absolute Gasteiger partial charge is 0.274 e. The van der Waals surface area contributed by atoms with Crippen LogP contribution in [0.5, 0.6) is 0 Å². The Kier molecular flexibility index (Phi) is 3.44. The fourth-order valence-electron chi connectivity index (χ4n) is 3.94. The molecule has 3 aliphatic rings. The van der Waals surface area contributed by atoms with Gasteiger partial charge in [-0.1, -0.05) is 18.2 Å². The molecule has 0 unspecified atom stereocenters. The number of carbonyl (C=O) groups excluding carboxylic acids is 2. The SMILES string of the molecule is NC(=O)[C@@H]1C[C@H]2C[C@@H]2N1C(=O)c1nc(C2CC2)sc1-c1ccccc1F. The number of amides is 2. The zero-order valence-electron chi connectivity index (χ0n) is 14.0. The molecular formula is C19H18FN3O2S. The monoisotopic (exact) mass is 371 g/mol. The Hall–Kier alpha value is -2.28. The molecule has 0 spiro atoms. The minimum Gasteiger partial charge on any atom is -0.368 e. The van der Waals surface area contributed by atoms with Crippen molar-refractivity contribution in [3.8, 4) is 10.4 Å². The first-order valence-electron chi connectivity index (χ1n) is 8.92. The average molecular weight is 371 g/mol. The number of hydrogen-bond donors (Lipinski definition) is 1. The molecule has 2 saturated carbocycles. The number of nitrogens with two attached hydrogens (primary N) is 1. The summed E-state index contributed by atoms with van der Waals surface area (Å²) in [5.74, 6) is -0.415. The first-order valence-corrected chi connectivity index (χ1v) is 9.74. The molecule has 0 radical (unpaired) electrons. The number of likely N-dealkylation sites (tertiary alicyclic amines) is 1. The lowest BCUT2D eigenvalue weighted by molar-refractivity contribution is -0.122. The molecule has 2 aliphatic carbocycles. The third-order valence-electron chi connectivity index (χ3n) is 5.56. The summed E-state index contributed by atoms with van der Waals surface area (Å²) < 4.78 is 14.4. The molecule has 3 atom stereocenters. The van der Waals surface area contributed by atoms with Gasteiger partial charge in [-0.25, -0.2) is 9.37 Å². The highest BCUT2D eigenvalue weighted by Crippen LogP contribution is 2.50. The molecule has 1 aromatic carbocycles. The Morgan fingerprint density at radius 2 is 2.00 bits per heavy atom. The van der Waals surface area contributed by atoms with Crippen molar-refractivity contribution in [2.75, 3.05) is 0 Å². The fraction of sp³-hybridized carbons (Fsp3) is 0.421. The Morgan fingerprint density at radius 1 is 1.23 bits per heavy atom. The number of carbonyl (C=O) groups is 2. The van der Waals surface area contributed by atoms with Gasteiger partial charge in [-0.3, -0.25) is 9.59 Å². The molecule has 134 valence electrons. The van der Waals surface area contributed by atoms with Crippen LogP contribution in [0.1, 0.15) is 47.1 Å². The summed E-state index contributed by atoms with van der Waals surface area (Å²) in [6.45, 7) is 0. The molecule has 7 heteroatoms. The van der Waals surface area contributed by atoms with Crippen LogP contribution in [0, 0.1) is 11.7 Å². The van der Waals surface area contributed by atoms with E-state index >= 15 is 0 Å². The van der Waals surface area contributed by atoms with Gasteiger partial charge in [0, 0.05) is 17.5 Å². The lowest BCUT2D eigenvalue weighted by atomic mass is 10.1. The molecule has 1 saturated heterocycles. The number of nitrogens with zero attached hydrogens (tertiary/aromatic N) is 2. The number of aromatic nitrogens is 1. The van der Waals surface area contributed by atoms with E-state index in [0.29, 0.717) is 28.7 Å². The first kappa shape index (κ1) is 15.9. The van der Waals surface area contributed by atoms with E-state index in [0.717, 1.165) is 24.3 Å². The summed E-state index contributed by atoms with van der Waals surface area (Å²) in [7, 11) is 0.